The van der Waals surface area contributed by atoms with E-state index in [-0.39, 0.29) is 37.0 Å². The van der Waals surface area contributed by atoms with Gasteiger partial charge in [-0.15, -0.1) is 0 Å². The maximum atomic E-state index is 15.9. The Hall–Kier alpha value is -4.42. The van der Waals surface area contributed by atoms with Crippen LogP contribution in [0.1, 0.15) is 24.3 Å². The first-order valence-electron chi connectivity index (χ1n) is 12.7. The monoisotopic (exact) mass is 548 g/mol. The molecule has 40 heavy (non-hydrogen) atoms. The summed E-state index contributed by atoms with van der Waals surface area (Å²) < 4.78 is 28.4. The topological polar surface area (TPSA) is 140 Å². The molecular formula is C28H29FN6O5. The summed E-state index contributed by atoms with van der Waals surface area (Å²) in [7, 11) is 1.63. The van der Waals surface area contributed by atoms with Crippen LogP contribution in [0.25, 0.3) is 11.2 Å². The third kappa shape index (κ3) is 5.63. The van der Waals surface area contributed by atoms with Crippen molar-refractivity contribution >= 4 is 34.8 Å². The van der Waals surface area contributed by atoms with Crippen LogP contribution in [-0.4, -0.2) is 68.0 Å². The van der Waals surface area contributed by atoms with Crippen LogP contribution in [0.2, 0.25) is 0 Å². The molecule has 3 N–H and O–H groups in total. The standard InChI is InChI=1S/C28H29FN6O5/c1-28(29)23(38)19(15-39-21(37)14-18-11-7-4-8-12-18)40-26(28)35-16-31-22-24(30-2)33-27(34-25(22)35)32-20(36)13-17-9-5-3-6-10-17/h3-12,16,19,23,26,38H,13-15H2,1-2H3,(H2,30,32,33,34,36)/t19-,23-,26-,28-/m1/s1. The lowest BCUT2D eigenvalue weighted by molar-refractivity contribution is -0.149. The molecule has 0 aliphatic carbocycles. The zero-order valence-electron chi connectivity index (χ0n) is 22.0. The Morgan fingerprint density at radius 2 is 1.73 bits per heavy atom. The van der Waals surface area contributed by atoms with Gasteiger partial charge in [-0.1, -0.05) is 60.7 Å². The highest BCUT2D eigenvalue weighted by Crippen LogP contribution is 2.42. The Labute approximate surface area is 229 Å². The number of amides is 1. The minimum Gasteiger partial charge on any atom is -0.463 e. The number of carbonyl (C=O) groups is 2. The van der Waals surface area contributed by atoms with E-state index in [0.29, 0.717) is 11.3 Å². The summed E-state index contributed by atoms with van der Waals surface area (Å²) in [6, 6.07) is 18.2. The number of imidazole rings is 1. The molecule has 1 saturated heterocycles. The lowest BCUT2D eigenvalue weighted by Gasteiger charge is -2.24. The van der Waals surface area contributed by atoms with Crippen molar-refractivity contribution in [3.05, 3.63) is 78.1 Å². The van der Waals surface area contributed by atoms with Gasteiger partial charge in [-0.25, -0.2) is 9.37 Å². The van der Waals surface area contributed by atoms with Crippen molar-refractivity contribution in [2.45, 2.75) is 43.9 Å². The molecule has 1 aliphatic heterocycles. The van der Waals surface area contributed by atoms with E-state index in [1.54, 1.807) is 19.2 Å². The lowest BCUT2D eigenvalue weighted by atomic mass is 9.98. The third-order valence-corrected chi connectivity index (χ3v) is 6.69. The summed E-state index contributed by atoms with van der Waals surface area (Å²) in [6.45, 7) is 0.857. The van der Waals surface area contributed by atoms with Crippen molar-refractivity contribution in [2.24, 2.45) is 0 Å². The van der Waals surface area contributed by atoms with Gasteiger partial charge in [0.05, 0.1) is 19.2 Å². The van der Waals surface area contributed by atoms with Crippen molar-refractivity contribution in [1.82, 2.24) is 19.5 Å². The number of alkyl halides is 1. The zero-order chi connectivity index (χ0) is 28.3. The van der Waals surface area contributed by atoms with Crippen LogP contribution in [0.15, 0.2) is 67.0 Å². The zero-order valence-corrected chi connectivity index (χ0v) is 22.0. The van der Waals surface area contributed by atoms with Crippen LogP contribution in [-0.2, 0) is 31.9 Å². The summed E-state index contributed by atoms with van der Waals surface area (Å²) in [4.78, 5) is 38.0. The highest BCUT2D eigenvalue weighted by atomic mass is 19.1. The average molecular weight is 549 g/mol. The summed E-state index contributed by atoms with van der Waals surface area (Å²) in [5.41, 5.74) is -0.208. The van der Waals surface area contributed by atoms with Gasteiger partial charge in [0.15, 0.2) is 28.9 Å². The summed E-state index contributed by atoms with van der Waals surface area (Å²) in [5, 5.41) is 16.3. The van der Waals surface area contributed by atoms with Crippen LogP contribution in [0.3, 0.4) is 0 Å². The first kappa shape index (κ1) is 27.2. The molecule has 5 rings (SSSR count). The number of benzene rings is 2. The molecule has 1 fully saturated rings. The predicted octanol–water partition coefficient (Wildman–Crippen LogP) is 2.82. The third-order valence-electron chi connectivity index (χ3n) is 6.69. The first-order valence-corrected chi connectivity index (χ1v) is 12.7. The van der Waals surface area contributed by atoms with Crippen molar-refractivity contribution < 1.29 is 28.6 Å². The second-order valence-corrected chi connectivity index (χ2v) is 9.65. The molecule has 2 aromatic heterocycles. The number of nitrogens with one attached hydrogen (secondary N) is 2. The van der Waals surface area contributed by atoms with Gasteiger partial charge in [0.1, 0.15) is 18.8 Å². The number of anilines is 2. The van der Waals surface area contributed by atoms with Crippen molar-refractivity contribution in [1.29, 1.82) is 0 Å². The van der Waals surface area contributed by atoms with Gasteiger partial charge >= 0.3 is 5.97 Å². The van der Waals surface area contributed by atoms with E-state index in [1.807, 2.05) is 48.5 Å². The van der Waals surface area contributed by atoms with Gasteiger partial charge in [0.2, 0.25) is 11.9 Å². The largest absolute Gasteiger partial charge is 0.463 e. The van der Waals surface area contributed by atoms with E-state index in [1.165, 1.54) is 17.8 Å². The summed E-state index contributed by atoms with van der Waals surface area (Å²) >= 11 is 0. The number of aliphatic hydroxyl groups is 1. The van der Waals surface area contributed by atoms with E-state index in [0.717, 1.165) is 11.1 Å². The fraction of sp³-hybridized carbons (Fsp3) is 0.321. The fourth-order valence-electron chi connectivity index (χ4n) is 4.61. The number of esters is 1. The average Bonchev–Trinajstić information content (AvgIpc) is 3.45. The number of fused-ring (bicyclic) bond motifs is 1. The molecule has 4 atom stereocenters. The Morgan fingerprint density at radius 3 is 2.38 bits per heavy atom. The van der Waals surface area contributed by atoms with Gasteiger partial charge in [0.25, 0.3) is 0 Å². The van der Waals surface area contributed by atoms with E-state index < -0.39 is 30.1 Å². The normalized spacial score (nSPS) is 22.2. The number of nitrogens with zero attached hydrogens (tertiary/aromatic N) is 4. The molecular weight excluding hydrogens is 519 g/mol. The van der Waals surface area contributed by atoms with Crippen LogP contribution < -0.4 is 10.6 Å². The second-order valence-electron chi connectivity index (χ2n) is 9.65. The molecule has 2 aromatic carbocycles. The highest BCUT2D eigenvalue weighted by Gasteiger charge is 2.55. The predicted molar refractivity (Wildman–Crippen MR) is 144 cm³/mol. The maximum Gasteiger partial charge on any atom is 0.310 e. The molecule has 12 heteroatoms. The van der Waals surface area contributed by atoms with Gasteiger partial charge in [-0.3, -0.25) is 19.5 Å². The minimum atomic E-state index is -2.29. The molecule has 0 spiro atoms. The van der Waals surface area contributed by atoms with Gasteiger partial charge < -0.3 is 19.9 Å². The smallest absolute Gasteiger partial charge is 0.310 e. The summed E-state index contributed by atoms with van der Waals surface area (Å²) in [6.07, 6.45) is -2.61. The Morgan fingerprint density at radius 1 is 1.07 bits per heavy atom. The molecule has 0 radical (unpaired) electrons. The highest BCUT2D eigenvalue weighted by molar-refractivity contribution is 5.92. The van der Waals surface area contributed by atoms with Crippen LogP contribution in [0.4, 0.5) is 16.2 Å². The SMILES string of the molecule is CNc1nc(NC(=O)Cc2ccccc2)nc2c1ncn2[C@@H]1O[C@H](COC(=O)Cc2ccccc2)[C@@H](O)[C@@]1(C)F. The van der Waals surface area contributed by atoms with Gasteiger partial charge in [-0.05, 0) is 18.1 Å². The number of ether oxygens (including phenoxy) is 2. The minimum absolute atomic E-state index is 0.00923. The van der Waals surface area contributed by atoms with Gasteiger partial charge in [-0.2, -0.15) is 9.97 Å². The van der Waals surface area contributed by atoms with E-state index in [2.05, 4.69) is 25.6 Å². The lowest BCUT2D eigenvalue weighted by Crippen LogP contribution is -2.41. The number of aliphatic hydroxyl groups excluding tert-OH is 1. The molecule has 4 aromatic rings. The molecule has 208 valence electrons. The number of carbonyl (C=O) groups excluding carboxylic acids is 2. The number of halogens is 1. The molecule has 11 nitrogen and oxygen atoms in total. The number of hydrogen-bond acceptors (Lipinski definition) is 9. The van der Waals surface area contributed by atoms with Crippen molar-refractivity contribution in [3.63, 3.8) is 0 Å². The Kier molecular flexibility index (Phi) is 7.71. The number of hydrogen-bond donors (Lipinski definition) is 3. The van der Waals surface area contributed by atoms with Crippen LogP contribution >= 0.6 is 0 Å². The van der Waals surface area contributed by atoms with Crippen molar-refractivity contribution in [3.8, 4) is 0 Å². The van der Waals surface area contributed by atoms with E-state index >= 15 is 4.39 Å². The number of rotatable bonds is 9. The van der Waals surface area contributed by atoms with Gasteiger partial charge in [0, 0.05) is 7.05 Å². The molecule has 3 heterocycles. The molecule has 1 amide bonds. The molecule has 0 saturated carbocycles. The fourth-order valence-corrected chi connectivity index (χ4v) is 4.61. The van der Waals surface area contributed by atoms with Crippen LogP contribution in [0.5, 0.6) is 0 Å². The van der Waals surface area contributed by atoms with Crippen molar-refractivity contribution in [2.75, 3.05) is 24.3 Å². The molecule has 0 unspecified atom stereocenters. The quantitative estimate of drug-likeness (QED) is 0.269. The van der Waals surface area contributed by atoms with E-state index in [9.17, 15) is 14.7 Å². The second kappa shape index (κ2) is 11.4. The maximum absolute atomic E-state index is 15.9. The van der Waals surface area contributed by atoms with E-state index in [4.69, 9.17) is 9.47 Å². The first-order chi connectivity index (χ1) is 19.3. The van der Waals surface area contributed by atoms with Crippen LogP contribution in [0, 0.1) is 0 Å². The molecule has 0 bridgehead atoms. The Bertz CT molecular complexity index is 1500. The Balaban J connectivity index is 1.34. The number of aromatic nitrogens is 4. The molecule has 1 aliphatic rings. The summed E-state index contributed by atoms with van der Waals surface area (Å²) in [5.74, 6) is -0.561.